The van der Waals surface area contributed by atoms with E-state index in [4.69, 9.17) is 23.7 Å². The second-order valence-electron chi connectivity index (χ2n) is 9.62. The number of fused-ring (bicyclic) bond motifs is 1. The van der Waals surface area contributed by atoms with E-state index in [-0.39, 0.29) is 12.0 Å². The summed E-state index contributed by atoms with van der Waals surface area (Å²) in [7, 11) is 1.55. The number of aldehydes is 1. The molecule has 2 heterocycles. The zero-order valence-corrected chi connectivity index (χ0v) is 20.8. The first-order valence-electron chi connectivity index (χ1n) is 12.1. The number of rotatable bonds is 8. The molecule has 2 fully saturated rings. The molecule has 10 atom stereocenters. The normalized spacial score (nSPS) is 38.7. The predicted octanol–water partition coefficient (Wildman–Crippen LogP) is -0.737. The van der Waals surface area contributed by atoms with Crippen LogP contribution in [0.4, 0.5) is 0 Å². The molecular weight excluding hydrogens is 504 g/mol. The molecule has 0 amide bonds. The molecule has 1 saturated carbocycles. The molecule has 1 saturated heterocycles. The number of ether oxygens (including phenoxy) is 5. The fourth-order valence-electron chi connectivity index (χ4n) is 5.18. The average molecular weight is 537 g/mol. The summed E-state index contributed by atoms with van der Waals surface area (Å²) in [6.45, 7) is 1.03. The highest BCUT2D eigenvalue weighted by molar-refractivity contribution is 5.87. The van der Waals surface area contributed by atoms with E-state index in [0.29, 0.717) is 12.0 Å². The Bertz CT molecular complexity index is 1050. The van der Waals surface area contributed by atoms with Crippen molar-refractivity contribution in [1.82, 2.24) is 0 Å². The second kappa shape index (κ2) is 11.5. The van der Waals surface area contributed by atoms with Gasteiger partial charge in [0.2, 0.25) is 6.29 Å². The first-order chi connectivity index (χ1) is 18.1. The summed E-state index contributed by atoms with van der Waals surface area (Å²) < 4.78 is 27.4. The highest BCUT2D eigenvalue weighted by atomic mass is 16.8. The third kappa shape index (κ3) is 5.34. The molecule has 1 aromatic rings. The number of carbonyl (C=O) groups excluding carboxylic acids is 2. The van der Waals surface area contributed by atoms with Crippen molar-refractivity contribution in [3.8, 4) is 5.75 Å². The number of aliphatic hydroxyl groups excluding tert-OH is 4. The minimum Gasteiger partial charge on any atom is -0.497 e. The highest BCUT2D eigenvalue weighted by Crippen LogP contribution is 2.50. The van der Waals surface area contributed by atoms with Gasteiger partial charge in [-0.1, -0.05) is 19.1 Å². The summed E-state index contributed by atoms with van der Waals surface area (Å²) >= 11 is 0. The summed E-state index contributed by atoms with van der Waals surface area (Å²) in [6.07, 6.45) is -5.68. The monoisotopic (exact) mass is 536 g/mol. The van der Waals surface area contributed by atoms with Crippen LogP contribution in [0.2, 0.25) is 0 Å². The van der Waals surface area contributed by atoms with Gasteiger partial charge in [0.25, 0.3) is 0 Å². The highest BCUT2D eigenvalue weighted by Gasteiger charge is 2.61. The lowest BCUT2D eigenvalue weighted by molar-refractivity contribution is -0.346. The molecule has 4 rings (SSSR count). The molecule has 208 valence electrons. The van der Waals surface area contributed by atoms with Crippen LogP contribution in [0.1, 0.15) is 18.9 Å². The summed E-state index contributed by atoms with van der Waals surface area (Å²) in [5.74, 6) is -1.52. The van der Waals surface area contributed by atoms with Crippen LogP contribution in [0.3, 0.4) is 0 Å². The molecule has 3 aliphatic rings. The van der Waals surface area contributed by atoms with Crippen LogP contribution in [0.15, 0.2) is 42.2 Å². The van der Waals surface area contributed by atoms with Crippen LogP contribution < -0.4 is 4.74 Å². The fraction of sp³-hybridized carbons (Fsp3) is 0.538. The van der Waals surface area contributed by atoms with Gasteiger partial charge in [0.15, 0.2) is 12.6 Å². The van der Waals surface area contributed by atoms with Gasteiger partial charge in [-0.3, -0.25) is 4.79 Å². The van der Waals surface area contributed by atoms with E-state index in [2.05, 4.69) is 0 Å². The minimum atomic E-state index is -1.79. The minimum absolute atomic E-state index is 0.0738. The Labute approximate surface area is 218 Å². The molecule has 0 aromatic heterocycles. The summed E-state index contributed by atoms with van der Waals surface area (Å²) in [4.78, 5) is 24.3. The standard InChI is InChI=1S/C26H32O12/c1-13-17(36-19(29)8-5-14-3-6-16(34-2)7-4-14)9-26(33)15(10-27)12-35-24(20(13)26)38-25-23(32)22(31)21(30)18(11-28)37-25/h3-8,10,12-13,17-18,20-25,28,30-33H,9,11H2,1-2H3. The van der Waals surface area contributed by atoms with Crippen molar-refractivity contribution in [1.29, 1.82) is 0 Å². The van der Waals surface area contributed by atoms with Crippen LogP contribution in [-0.2, 0) is 28.5 Å². The van der Waals surface area contributed by atoms with Gasteiger partial charge in [0.05, 0.1) is 31.5 Å². The van der Waals surface area contributed by atoms with Crippen molar-refractivity contribution in [2.75, 3.05) is 13.7 Å². The first-order valence-corrected chi connectivity index (χ1v) is 12.1. The lowest BCUT2D eigenvalue weighted by Crippen LogP contribution is -2.61. The smallest absolute Gasteiger partial charge is 0.331 e. The molecule has 0 spiro atoms. The van der Waals surface area contributed by atoms with Gasteiger partial charge in [-0.2, -0.15) is 0 Å². The van der Waals surface area contributed by atoms with Crippen LogP contribution >= 0.6 is 0 Å². The van der Waals surface area contributed by atoms with E-state index in [1.165, 1.54) is 6.08 Å². The molecule has 38 heavy (non-hydrogen) atoms. The van der Waals surface area contributed by atoms with Crippen molar-refractivity contribution in [3.63, 3.8) is 0 Å². The Morgan fingerprint density at radius 3 is 2.47 bits per heavy atom. The van der Waals surface area contributed by atoms with Gasteiger partial charge in [0.1, 0.15) is 41.9 Å². The fourth-order valence-corrected chi connectivity index (χ4v) is 5.18. The Balaban J connectivity index is 1.49. The molecule has 1 aliphatic carbocycles. The predicted molar refractivity (Wildman–Crippen MR) is 128 cm³/mol. The summed E-state index contributed by atoms with van der Waals surface area (Å²) in [5, 5.41) is 51.4. The van der Waals surface area contributed by atoms with Crippen LogP contribution in [0, 0.1) is 11.8 Å². The third-order valence-corrected chi connectivity index (χ3v) is 7.38. The molecule has 1 aromatic carbocycles. The van der Waals surface area contributed by atoms with E-state index in [9.17, 15) is 35.1 Å². The van der Waals surface area contributed by atoms with E-state index in [1.54, 1.807) is 44.4 Å². The molecule has 2 aliphatic heterocycles. The lowest BCUT2D eigenvalue weighted by atomic mass is 9.79. The zero-order chi connectivity index (χ0) is 27.6. The number of aliphatic hydroxyl groups is 5. The number of methoxy groups -OCH3 is 1. The number of carbonyl (C=O) groups is 2. The lowest BCUT2D eigenvalue weighted by Gasteiger charge is -2.44. The van der Waals surface area contributed by atoms with Crippen LogP contribution in [0.5, 0.6) is 5.75 Å². The van der Waals surface area contributed by atoms with E-state index in [0.717, 1.165) is 11.8 Å². The number of hydrogen-bond acceptors (Lipinski definition) is 12. The number of benzene rings is 1. The van der Waals surface area contributed by atoms with Gasteiger partial charge in [-0.25, -0.2) is 4.79 Å². The van der Waals surface area contributed by atoms with E-state index < -0.39 is 73.1 Å². The van der Waals surface area contributed by atoms with Crippen molar-refractivity contribution in [3.05, 3.63) is 47.7 Å². The Morgan fingerprint density at radius 1 is 1.13 bits per heavy atom. The molecule has 12 nitrogen and oxygen atoms in total. The van der Waals surface area contributed by atoms with Gasteiger partial charge < -0.3 is 49.2 Å². The average Bonchev–Trinajstić information content (AvgIpc) is 3.18. The Kier molecular flexibility index (Phi) is 8.52. The van der Waals surface area contributed by atoms with Crippen molar-refractivity contribution < 1.29 is 58.8 Å². The van der Waals surface area contributed by atoms with E-state index in [1.807, 2.05) is 0 Å². The van der Waals surface area contributed by atoms with Crippen LogP contribution in [0.25, 0.3) is 6.08 Å². The summed E-state index contributed by atoms with van der Waals surface area (Å²) in [5.41, 5.74) is -1.12. The Hall–Kier alpha value is -2.84. The summed E-state index contributed by atoms with van der Waals surface area (Å²) in [6, 6.07) is 7.01. The quantitative estimate of drug-likeness (QED) is 0.160. The molecular formula is C26H32O12. The Morgan fingerprint density at radius 2 is 1.84 bits per heavy atom. The maximum atomic E-state index is 12.6. The third-order valence-electron chi connectivity index (χ3n) is 7.38. The molecule has 0 radical (unpaired) electrons. The van der Waals surface area contributed by atoms with Crippen molar-refractivity contribution >= 4 is 18.3 Å². The topological polar surface area (TPSA) is 181 Å². The van der Waals surface area contributed by atoms with Gasteiger partial charge in [-0.15, -0.1) is 0 Å². The van der Waals surface area contributed by atoms with Gasteiger partial charge in [0, 0.05) is 18.4 Å². The van der Waals surface area contributed by atoms with Gasteiger partial charge >= 0.3 is 5.97 Å². The van der Waals surface area contributed by atoms with Crippen molar-refractivity contribution in [2.24, 2.45) is 11.8 Å². The molecule has 10 unspecified atom stereocenters. The second-order valence-corrected chi connectivity index (χ2v) is 9.62. The first kappa shape index (κ1) is 28.2. The maximum Gasteiger partial charge on any atom is 0.331 e. The molecule has 0 bridgehead atoms. The van der Waals surface area contributed by atoms with E-state index >= 15 is 0 Å². The zero-order valence-electron chi connectivity index (χ0n) is 20.8. The largest absolute Gasteiger partial charge is 0.497 e. The number of esters is 1. The number of hydrogen-bond donors (Lipinski definition) is 5. The van der Waals surface area contributed by atoms with Crippen LogP contribution in [-0.4, -0.2) is 100 Å². The van der Waals surface area contributed by atoms with Crippen molar-refractivity contribution in [2.45, 2.75) is 62.0 Å². The molecule has 12 heteroatoms. The maximum absolute atomic E-state index is 12.6. The SMILES string of the molecule is COc1ccc(C=CC(=O)OC2CC3(O)C(C=O)=COC(OC4OC(CO)C(O)C(O)C4O)C3C2C)cc1. The van der Waals surface area contributed by atoms with Gasteiger partial charge in [-0.05, 0) is 23.8 Å². The molecule has 5 N–H and O–H groups in total.